The van der Waals surface area contributed by atoms with Crippen LogP contribution in [-0.4, -0.2) is 65.5 Å². The molecule has 156 valence electrons. The molecule has 0 amide bonds. The second kappa shape index (κ2) is 8.48. The van der Waals surface area contributed by atoms with Gasteiger partial charge in [0.15, 0.2) is 0 Å². The molecule has 0 bridgehead atoms. The fourth-order valence-electron chi connectivity index (χ4n) is 3.82. The highest BCUT2D eigenvalue weighted by atomic mass is 19.1. The largest absolute Gasteiger partial charge is 0.378 e. The zero-order chi connectivity index (χ0) is 20.4. The van der Waals surface area contributed by atoms with Crippen molar-refractivity contribution in [3.63, 3.8) is 0 Å². The van der Waals surface area contributed by atoms with Gasteiger partial charge in [-0.3, -0.25) is 14.3 Å². The van der Waals surface area contributed by atoms with E-state index in [1.165, 1.54) is 25.4 Å². The number of aromatic nitrogens is 2. The molecule has 1 aromatic heterocycles. The van der Waals surface area contributed by atoms with E-state index in [1.54, 1.807) is 6.07 Å². The molecule has 8 nitrogen and oxygen atoms in total. The highest BCUT2D eigenvalue weighted by Crippen LogP contribution is 2.21. The van der Waals surface area contributed by atoms with Crippen LogP contribution in [0.1, 0.15) is 5.56 Å². The number of benzene rings is 1. The van der Waals surface area contributed by atoms with Gasteiger partial charge in [-0.15, -0.1) is 0 Å². The summed E-state index contributed by atoms with van der Waals surface area (Å²) in [6, 6.07) is 6.30. The van der Waals surface area contributed by atoms with E-state index in [2.05, 4.69) is 15.2 Å². The maximum Gasteiger partial charge on any atom is 0.328 e. The SMILES string of the molecule is Cn1c(=O)[nH]cc(CCN2C[C@@H]3OCC(Nc4cccc(F)c4)CO[C@H]3C2)c1=O. The zero-order valence-electron chi connectivity index (χ0n) is 16.3. The molecular weight excluding hydrogens is 379 g/mol. The number of nitrogens with zero attached hydrogens (tertiary/aromatic N) is 2. The monoisotopic (exact) mass is 404 g/mol. The Morgan fingerprint density at radius 1 is 1.21 bits per heavy atom. The van der Waals surface area contributed by atoms with Crippen molar-refractivity contribution in [1.29, 1.82) is 0 Å². The third kappa shape index (κ3) is 4.58. The Morgan fingerprint density at radius 2 is 1.93 bits per heavy atom. The van der Waals surface area contributed by atoms with E-state index in [1.807, 2.05) is 6.07 Å². The van der Waals surface area contributed by atoms with Gasteiger partial charge in [0.2, 0.25) is 0 Å². The van der Waals surface area contributed by atoms with Crippen molar-refractivity contribution in [1.82, 2.24) is 14.5 Å². The smallest absolute Gasteiger partial charge is 0.328 e. The van der Waals surface area contributed by atoms with E-state index in [9.17, 15) is 14.0 Å². The third-order valence-corrected chi connectivity index (χ3v) is 5.46. The van der Waals surface area contributed by atoms with E-state index in [4.69, 9.17) is 9.47 Å². The number of anilines is 1. The molecule has 2 saturated heterocycles. The summed E-state index contributed by atoms with van der Waals surface area (Å²) in [7, 11) is 1.47. The van der Waals surface area contributed by atoms with Gasteiger partial charge in [0.1, 0.15) is 5.82 Å². The van der Waals surface area contributed by atoms with Crippen molar-refractivity contribution >= 4 is 5.69 Å². The second-order valence-corrected chi connectivity index (χ2v) is 7.59. The Kier molecular flexibility index (Phi) is 5.79. The van der Waals surface area contributed by atoms with E-state index >= 15 is 0 Å². The van der Waals surface area contributed by atoms with Crippen LogP contribution in [0.5, 0.6) is 0 Å². The van der Waals surface area contributed by atoms with Crippen LogP contribution in [-0.2, 0) is 22.9 Å². The van der Waals surface area contributed by atoms with Crippen LogP contribution in [0.15, 0.2) is 40.1 Å². The third-order valence-electron chi connectivity index (χ3n) is 5.46. The lowest BCUT2D eigenvalue weighted by Gasteiger charge is -2.20. The van der Waals surface area contributed by atoms with E-state index in [0.29, 0.717) is 37.4 Å². The quantitative estimate of drug-likeness (QED) is 0.747. The summed E-state index contributed by atoms with van der Waals surface area (Å²) in [5.41, 5.74) is 0.616. The molecule has 3 heterocycles. The molecule has 4 rings (SSSR count). The summed E-state index contributed by atoms with van der Waals surface area (Å²) < 4.78 is 26.5. The molecule has 1 aromatic carbocycles. The van der Waals surface area contributed by atoms with Crippen molar-refractivity contribution < 1.29 is 13.9 Å². The van der Waals surface area contributed by atoms with E-state index < -0.39 is 5.69 Å². The molecular formula is C20H25FN4O4. The van der Waals surface area contributed by atoms with Gasteiger partial charge >= 0.3 is 5.69 Å². The number of fused-ring (bicyclic) bond motifs is 1. The Bertz CT molecular complexity index is 959. The summed E-state index contributed by atoms with van der Waals surface area (Å²) in [5.74, 6) is -0.282. The molecule has 0 unspecified atom stereocenters. The van der Waals surface area contributed by atoms with Crippen molar-refractivity contribution in [2.24, 2.45) is 7.05 Å². The fourth-order valence-corrected chi connectivity index (χ4v) is 3.82. The van der Waals surface area contributed by atoms with Crippen molar-refractivity contribution in [2.75, 3.05) is 38.2 Å². The average molecular weight is 404 g/mol. The second-order valence-electron chi connectivity index (χ2n) is 7.59. The summed E-state index contributed by atoms with van der Waals surface area (Å²) in [5, 5.41) is 3.26. The van der Waals surface area contributed by atoms with Gasteiger partial charge in [0.25, 0.3) is 5.56 Å². The molecule has 0 radical (unpaired) electrons. The van der Waals surface area contributed by atoms with Crippen LogP contribution >= 0.6 is 0 Å². The number of aromatic amines is 1. The van der Waals surface area contributed by atoms with Crippen LogP contribution in [0.3, 0.4) is 0 Å². The molecule has 2 aliphatic rings. The Balaban J connectivity index is 1.29. The van der Waals surface area contributed by atoms with Gasteiger partial charge in [0, 0.05) is 44.1 Å². The lowest BCUT2D eigenvalue weighted by Crippen LogP contribution is -2.36. The highest BCUT2D eigenvalue weighted by Gasteiger charge is 2.37. The maximum atomic E-state index is 13.3. The summed E-state index contributed by atoms with van der Waals surface area (Å²) in [4.78, 5) is 28.4. The molecule has 2 N–H and O–H groups in total. The molecule has 0 aliphatic carbocycles. The van der Waals surface area contributed by atoms with Crippen molar-refractivity contribution in [2.45, 2.75) is 24.7 Å². The van der Waals surface area contributed by atoms with Crippen LogP contribution in [0.4, 0.5) is 10.1 Å². The summed E-state index contributed by atoms with van der Waals surface area (Å²) >= 11 is 0. The van der Waals surface area contributed by atoms with Crippen LogP contribution in [0.2, 0.25) is 0 Å². The minimum atomic E-state index is -0.412. The first-order chi connectivity index (χ1) is 14.0. The molecule has 2 aromatic rings. The van der Waals surface area contributed by atoms with Crippen LogP contribution in [0, 0.1) is 5.82 Å². The fraction of sp³-hybridized carbons (Fsp3) is 0.500. The average Bonchev–Trinajstić information content (AvgIpc) is 3.00. The number of likely N-dealkylation sites (tertiary alicyclic amines) is 1. The summed E-state index contributed by atoms with van der Waals surface area (Å²) in [6.45, 7) is 3.09. The number of hydrogen-bond acceptors (Lipinski definition) is 6. The number of rotatable bonds is 5. The molecule has 9 heteroatoms. The number of hydrogen-bond donors (Lipinski definition) is 2. The normalized spacial score (nSPS) is 23.0. The highest BCUT2D eigenvalue weighted by molar-refractivity contribution is 5.44. The Hall–Kier alpha value is -2.49. The molecule has 0 spiro atoms. The first-order valence-corrected chi connectivity index (χ1v) is 9.75. The first-order valence-electron chi connectivity index (χ1n) is 9.75. The predicted octanol–water partition coefficient (Wildman–Crippen LogP) is 0.336. The van der Waals surface area contributed by atoms with Gasteiger partial charge in [0.05, 0.1) is 31.5 Å². The van der Waals surface area contributed by atoms with Crippen molar-refractivity contribution in [3.05, 3.63) is 62.7 Å². The lowest BCUT2D eigenvalue weighted by molar-refractivity contribution is -0.00461. The predicted molar refractivity (Wildman–Crippen MR) is 106 cm³/mol. The van der Waals surface area contributed by atoms with Gasteiger partial charge in [-0.2, -0.15) is 0 Å². The minimum Gasteiger partial charge on any atom is -0.378 e. The maximum absolute atomic E-state index is 13.3. The van der Waals surface area contributed by atoms with Gasteiger partial charge < -0.3 is 19.8 Å². The Labute approximate surface area is 167 Å². The molecule has 2 fully saturated rings. The van der Waals surface area contributed by atoms with E-state index in [-0.39, 0.29) is 29.6 Å². The van der Waals surface area contributed by atoms with Crippen LogP contribution < -0.4 is 16.6 Å². The number of ether oxygens (including phenoxy) is 2. The van der Waals surface area contributed by atoms with Gasteiger partial charge in [-0.1, -0.05) is 6.07 Å². The molecule has 0 saturated carbocycles. The number of H-pyrrole nitrogens is 1. The number of nitrogens with one attached hydrogen (secondary N) is 2. The number of halogens is 1. The summed E-state index contributed by atoms with van der Waals surface area (Å²) in [6.07, 6.45) is 1.97. The lowest BCUT2D eigenvalue weighted by atomic mass is 10.2. The molecule has 2 atom stereocenters. The topological polar surface area (TPSA) is 88.6 Å². The minimum absolute atomic E-state index is 0.0345. The van der Waals surface area contributed by atoms with Crippen molar-refractivity contribution in [3.8, 4) is 0 Å². The standard InChI is InChI=1S/C20H25FN4O4/c1-24-19(26)13(8-22-20(24)27)5-6-25-9-17-18(10-25)29-12-16(11-28-17)23-15-4-2-3-14(21)7-15/h2-4,7-8,16-18,23H,5-6,9-12H2,1H3,(H,22,27)/t17-,18-/m0/s1. The van der Waals surface area contributed by atoms with Crippen LogP contribution in [0.25, 0.3) is 0 Å². The Morgan fingerprint density at radius 3 is 2.62 bits per heavy atom. The van der Waals surface area contributed by atoms with Gasteiger partial charge in [-0.05, 0) is 24.6 Å². The molecule has 29 heavy (non-hydrogen) atoms. The van der Waals surface area contributed by atoms with E-state index in [0.717, 1.165) is 17.7 Å². The first kappa shape index (κ1) is 19.8. The van der Waals surface area contributed by atoms with Gasteiger partial charge in [-0.25, -0.2) is 9.18 Å². The zero-order valence-corrected chi connectivity index (χ0v) is 16.3. The molecule has 2 aliphatic heterocycles.